The Labute approximate surface area is 151 Å². The Morgan fingerprint density at radius 3 is 2.56 bits per heavy atom. The summed E-state index contributed by atoms with van der Waals surface area (Å²) in [5.41, 5.74) is 1.84. The van der Waals surface area contributed by atoms with Gasteiger partial charge in [0, 0.05) is 18.7 Å². The van der Waals surface area contributed by atoms with Crippen LogP contribution in [-0.2, 0) is 14.8 Å². The van der Waals surface area contributed by atoms with Crippen LogP contribution in [0.25, 0.3) is 0 Å². The van der Waals surface area contributed by atoms with Crippen LogP contribution in [0.2, 0.25) is 5.02 Å². The maximum Gasteiger partial charge on any atom is 0.232 e. The van der Waals surface area contributed by atoms with Crippen molar-refractivity contribution in [1.29, 1.82) is 0 Å². The second-order valence-electron chi connectivity index (χ2n) is 5.60. The van der Waals surface area contributed by atoms with Gasteiger partial charge in [0.2, 0.25) is 15.9 Å². The number of halogens is 2. The minimum Gasteiger partial charge on any atom is -0.326 e. The number of benzene rings is 2. The summed E-state index contributed by atoms with van der Waals surface area (Å²) in [6.45, 7) is 1.82. The van der Waals surface area contributed by atoms with Crippen molar-refractivity contribution in [3.63, 3.8) is 0 Å². The first kappa shape index (κ1) is 19.2. The summed E-state index contributed by atoms with van der Waals surface area (Å²) < 4.78 is 38.3. The lowest BCUT2D eigenvalue weighted by molar-refractivity contribution is -0.116. The zero-order valence-electron chi connectivity index (χ0n) is 13.8. The quantitative estimate of drug-likeness (QED) is 0.827. The highest BCUT2D eigenvalue weighted by molar-refractivity contribution is 7.92. The fourth-order valence-electron chi connectivity index (χ4n) is 2.28. The van der Waals surface area contributed by atoms with Crippen LogP contribution in [-0.4, -0.2) is 27.1 Å². The number of amides is 1. The molecule has 1 N–H and O–H groups in total. The average molecular weight is 385 g/mol. The Bertz CT molecular complexity index is 887. The van der Waals surface area contributed by atoms with Gasteiger partial charge in [0.25, 0.3) is 0 Å². The lowest BCUT2D eigenvalue weighted by Crippen LogP contribution is -2.33. The standard InChI is InChI=1S/C17H18ClFN2O3S/c1-12-4-3-5-13(10-12)20-17(22)8-9-21(25(2,23)24)14-6-7-16(19)15(18)11-14/h3-7,10-11H,8-9H2,1-2H3,(H,20,22). The highest BCUT2D eigenvalue weighted by atomic mass is 35.5. The summed E-state index contributed by atoms with van der Waals surface area (Å²) >= 11 is 5.72. The minimum absolute atomic E-state index is 0.0595. The number of nitrogens with one attached hydrogen (secondary N) is 1. The van der Waals surface area contributed by atoms with Crippen LogP contribution < -0.4 is 9.62 Å². The highest BCUT2D eigenvalue weighted by Crippen LogP contribution is 2.24. The smallest absolute Gasteiger partial charge is 0.232 e. The summed E-state index contributed by atoms with van der Waals surface area (Å²) in [7, 11) is -3.65. The van der Waals surface area contributed by atoms with E-state index in [1.165, 1.54) is 12.1 Å². The van der Waals surface area contributed by atoms with Crippen molar-refractivity contribution < 1.29 is 17.6 Å². The van der Waals surface area contributed by atoms with E-state index in [-0.39, 0.29) is 29.6 Å². The molecule has 0 saturated carbocycles. The van der Waals surface area contributed by atoms with Crippen LogP contribution in [0.1, 0.15) is 12.0 Å². The maximum absolute atomic E-state index is 13.3. The number of hydrogen-bond acceptors (Lipinski definition) is 3. The molecule has 8 heteroatoms. The van der Waals surface area contributed by atoms with Gasteiger partial charge in [0.15, 0.2) is 0 Å². The molecule has 1 amide bonds. The van der Waals surface area contributed by atoms with Crippen LogP contribution in [0.4, 0.5) is 15.8 Å². The second kappa shape index (κ2) is 7.84. The van der Waals surface area contributed by atoms with Gasteiger partial charge in [-0.05, 0) is 42.8 Å². The van der Waals surface area contributed by atoms with Crippen LogP contribution in [0.5, 0.6) is 0 Å². The van der Waals surface area contributed by atoms with E-state index >= 15 is 0 Å². The van der Waals surface area contributed by atoms with Gasteiger partial charge in [-0.2, -0.15) is 0 Å². The molecule has 0 atom stereocenters. The molecule has 0 saturated heterocycles. The molecule has 2 aromatic rings. The third-order valence-corrected chi connectivity index (χ3v) is 4.92. The number of sulfonamides is 1. The van der Waals surface area contributed by atoms with Crippen molar-refractivity contribution >= 4 is 38.9 Å². The van der Waals surface area contributed by atoms with Crippen molar-refractivity contribution in [2.24, 2.45) is 0 Å². The van der Waals surface area contributed by atoms with E-state index in [2.05, 4.69) is 5.32 Å². The molecule has 2 aromatic carbocycles. The van der Waals surface area contributed by atoms with Gasteiger partial charge in [-0.15, -0.1) is 0 Å². The summed E-state index contributed by atoms with van der Waals surface area (Å²) in [5, 5.41) is 2.53. The Hall–Kier alpha value is -2.12. The number of carbonyl (C=O) groups is 1. The molecule has 134 valence electrons. The molecule has 2 rings (SSSR count). The van der Waals surface area contributed by atoms with Crippen molar-refractivity contribution in [3.8, 4) is 0 Å². The van der Waals surface area contributed by atoms with Gasteiger partial charge < -0.3 is 5.32 Å². The summed E-state index contributed by atoms with van der Waals surface area (Å²) in [5.74, 6) is -0.969. The van der Waals surface area contributed by atoms with E-state index in [0.717, 1.165) is 22.2 Å². The maximum atomic E-state index is 13.3. The van der Waals surface area contributed by atoms with E-state index in [4.69, 9.17) is 11.6 Å². The monoisotopic (exact) mass is 384 g/mol. The van der Waals surface area contributed by atoms with Gasteiger partial charge in [-0.25, -0.2) is 12.8 Å². The Morgan fingerprint density at radius 2 is 1.96 bits per heavy atom. The number of hydrogen-bond donors (Lipinski definition) is 1. The lowest BCUT2D eigenvalue weighted by Gasteiger charge is -2.22. The molecule has 0 radical (unpaired) electrons. The van der Waals surface area contributed by atoms with Crippen LogP contribution >= 0.6 is 11.6 Å². The van der Waals surface area contributed by atoms with E-state index in [1.807, 2.05) is 25.1 Å². The Kier molecular flexibility index (Phi) is 6.02. The molecule has 0 fully saturated rings. The van der Waals surface area contributed by atoms with Crippen molar-refractivity contribution in [2.45, 2.75) is 13.3 Å². The van der Waals surface area contributed by atoms with Crippen LogP contribution in [0.15, 0.2) is 42.5 Å². The molecule has 0 bridgehead atoms. The summed E-state index contributed by atoms with van der Waals surface area (Å²) in [6, 6.07) is 10.9. The number of aryl methyl sites for hydroxylation is 1. The fourth-order valence-corrected chi connectivity index (χ4v) is 3.37. The summed E-state index contributed by atoms with van der Waals surface area (Å²) in [6.07, 6.45) is 0.957. The topological polar surface area (TPSA) is 66.5 Å². The van der Waals surface area contributed by atoms with Crippen LogP contribution in [0, 0.1) is 12.7 Å². The second-order valence-corrected chi connectivity index (χ2v) is 7.92. The zero-order valence-corrected chi connectivity index (χ0v) is 15.4. The molecule has 0 aromatic heterocycles. The Balaban J connectivity index is 2.10. The third kappa shape index (κ3) is 5.44. The predicted octanol–water partition coefficient (Wildman–Crippen LogP) is 3.58. The van der Waals surface area contributed by atoms with Gasteiger partial charge >= 0.3 is 0 Å². The summed E-state index contributed by atoms with van der Waals surface area (Å²) in [4.78, 5) is 12.1. The van der Waals surface area contributed by atoms with Gasteiger partial charge in [-0.1, -0.05) is 23.7 Å². The predicted molar refractivity (Wildman–Crippen MR) is 98.0 cm³/mol. The average Bonchev–Trinajstić information content (AvgIpc) is 2.49. The van der Waals surface area contributed by atoms with Gasteiger partial charge in [-0.3, -0.25) is 9.10 Å². The molecule has 0 aliphatic heterocycles. The van der Waals surface area contributed by atoms with E-state index in [9.17, 15) is 17.6 Å². The fraction of sp³-hybridized carbons (Fsp3) is 0.235. The van der Waals surface area contributed by atoms with Crippen LogP contribution in [0.3, 0.4) is 0 Å². The Morgan fingerprint density at radius 1 is 1.24 bits per heavy atom. The first-order valence-corrected chi connectivity index (χ1v) is 9.69. The van der Waals surface area contributed by atoms with Crippen molar-refractivity contribution in [3.05, 3.63) is 58.9 Å². The third-order valence-electron chi connectivity index (χ3n) is 3.44. The van der Waals surface area contributed by atoms with E-state index in [0.29, 0.717) is 5.69 Å². The largest absolute Gasteiger partial charge is 0.326 e. The molecule has 0 unspecified atom stereocenters. The number of nitrogens with zero attached hydrogens (tertiary/aromatic N) is 1. The first-order chi connectivity index (χ1) is 11.7. The number of carbonyl (C=O) groups excluding carboxylic acids is 1. The highest BCUT2D eigenvalue weighted by Gasteiger charge is 2.19. The zero-order chi connectivity index (χ0) is 18.6. The van der Waals surface area contributed by atoms with Gasteiger partial charge in [0.05, 0.1) is 17.0 Å². The number of anilines is 2. The molecular formula is C17H18ClFN2O3S. The molecule has 5 nitrogen and oxygen atoms in total. The number of rotatable bonds is 6. The van der Waals surface area contributed by atoms with Crippen molar-refractivity contribution in [1.82, 2.24) is 0 Å². The van der Waals surface area contributed by atoms with Gasteiger partial charge in [0.1, 0.15) is 5.82 Å². The molecule has 0 heterocycles. The normalized spacial score (nSPS) is 11.2. The lowest BCUT2D eigenvalue weighted by atomic mass is 10.2. The van der Waals surface area contributed by atoms with Crippen molar-refractivity contribution in [2.75, 3.05) is 22.4 Å². The van der Waals surface area contributed by atoms with E-state index < -0.39 is 15.8 Å². The SMILES string of the molecule is Cc1cccc(NC(=O)CCN(c2ccc(F)c(Cl)c2)S(C)(=O)=O)c1. The van der Waals surface area contributed by atoms with E-state index in [1.54, 1.807) is 6.07 Å². The molecular weight excluding hydrogens is 367 g/mol. The minimum atomic E-state index is -3.65. The molecule has 0 aliphatic carbocycles. The molecule has 0 spiro atoms. The molecule has 0 aliphatic rings. The molecule has 25 heavy (non-hydrogen) atoms. The first-order valence-electron chi connectivity index (χ1n) is 7.46.